The molecule has 0 fully saturated rings. The second kappa shape index (κ2) is 8.07. The number of rotatable bonds is 5. The molecule has 12 heteroatoms. The molecule has 0 radical (unpaired) electrons. The first kappa shape index (κ1) is 21.2. The lowest BCUT2D eigenvalue weighted by molar-refractivity contribution is 0.0939. The summed E-state index contributed by atoms with van der Waals surface area (Å²) in [6, 6.07) is 8.51. The van der Waals surface area contributed by atoms with E-state index in [0.29, 0.717) is 0 Å². The van der Waals surface area contributed by atoms with Gasteiger partial charge in [-0.2, -0.15) is 5.10 Å². The lowest BCUT2D eigenvalue weighted by atomic mass is 10.1. The van der Waals surface area contributed by atoms with E-state index in [0.717, 1.165) is 10.7 Å². The summed E-state index contributed by atoms with van der Waals surface area (Å²) in [5.74, 6) is -0.850. The van der Waals surface area contributed by atoms with Gasteiger partial charge in [0.15, 0.2) is 10.8 Å². The molecule has 2 heterocycles. The van der Waals surface area contributed by atoms with E-state index in [2.05, 4.69) is 15.5 Å². The molecule has 3 aromatic rings. The Hall–Kier alpha value is -2.53. The van der Waals surface area contributed by atoms with Crippen molar-refractivity contribution in [2.45, 2.75) is 24.8 Å². The molecule has 3 rings (SSSR count). The van der Waals surface area contributed by atoms with Crippen molar-refractivity contribution in [1.29, 1.82) is 0 Å². The minimum Gasteiger partial charge on any atom is -0.272 e. The van der Waals surface area contributed by atoms with Gasteiger partial charge in [0.2, 0.25) is 0 Å². The molecular weight excluding hydrogens is 441 g/mol. The molecular formula is C17H15Cl2N5O4S. The average Bonchev–Trinajstić information content (AvgIpc) is 2.66. The Kier molecular flexibility index (Phi) is 5.90. The van der Waals surface area contributed by atoms with E-state index in [-0.39, 0.29) is 43.3 Å². The van der Waals surface area contributed by atoms with Gasteiger partial charge in [-0.1, -0.05) is 41.4 Å². The number of hydrazine groups is 1. The van der Waals surface area contributed by atoms with Gasteiger partial charge in [0.1, 0.15) is 10.0 Å². The first-order valence-corrected chi connectivity index (χ1v) is 10.5. The van der Waals surface area contributed by atoms with Crippen molar-refractivity contribution in [1.82, 2.24) is 25.0 Å². The molecule has 0 saturated heterocycles. The number of aromatic nitrogens is 3. The van der Waals surface area contributed by atoms with Gasteiger partial charge in [0.25, 0.3) is 21.5 Å². The Morgan fingerprint density at radius 2 is 1.76 bits per heavy atom. The van der Waals surface area contributed by atoms with Crippen LogP contribution in [0.5, 0.6) is 0 Å². The number of fused-ring (bicyclic) bond motifs is 1. The van der Waals surface area contributed by atoms with E-state index in [4.69, 9.17) is 23.2 Å². The molecule has 2 N–H and O–H groups in total. The molecule has 2 aromatic heterocycles. The van der Waals surface area contributed by atoms with Crippen LogP contribution in [0.1, 0.15) is 30.4 Å². The topological polar surface area (TPSA) is 123 Å². The molecule has 0 atom stereocenters. The molecule has 0 aliphatic carbocycles. The number of carbonyl (C=O) groups excluding carboxylic acids is 1. The normalized spacial score (nSPS) is 11.8. The third-order valence-corrected chi connectivity index (χ3v) is 5.79. The van der Waals surface area contributed by atoms with Gasteiger partial charge < -0.3 is 0 Å². The number of carbonyl (C=O) groups is 1. The molecule has 1 amide bonds. The molecule has 1 aromatic carbocycles. The Bertz CT molecular complexity index is 1270. The van der Waals surface area contributed by atoms with Crippen molar-refractivity contribution < 1.29 is 13.2 Å². The molecule has 0 unspecified atom stereocenters. The van der Waals surface area contributed by atoms with Crippen molar-refractivity contribution >= 4 is 49.9 Å². The van der Waals surface area contributed by atoms with Gasteiger partial charge in [-0.15, -0.1) is 4.83 Å². The van der Waals surface area contributed by atoms with Crippen molar-refractivity contribution in [3.63, 3.8) is 0 Å². The average molecular weight is 456 g/mol. The van der Waals surface area contributed by atoms with Crippen molar-refractivity contribution in [3.05, 3.63) is 62.8 Å². The van der Waals surface area contributed by atoms with Gasteiger partial charge in [-0.25, -0.2) is 18.1 Å². The second-order valence-corrected chi connectivity index (χ2v) is 8.62. The third-order valence-electron chi connectivity index (χ3n) is 3.90. The maximum Gasteiger partial charge on any atom is 0.287 e. The largest absolute Gasteiger partial charge is 0.287 e. The van der Waals surface area contributed by atoms with Crippen LogP contribution in [0.15, 0.2) is 46.1 Å². The van der Waals surface area contributed by atoms with E-state index >= 15 is 0 Å². The van der Waals surface area contributed by atoms with E-state index in [1.54, 1.807) is 38.1 Å². The molecule has 0 spiro atoms. The molecule has 0 aliphatic heterocycles. The smallest absolute Gasteiger partial charge is 0.272 e. The van der Waals surface area contributed by atoms with Gasteiger partial charge in [0, 0.05) is 5.39 Å². The highest BCUT2D eigenvalue weighted by Crippen LogP contribution is 2.21. The maximum atomic E-state index is 12.7. The number of sulfonamides is 1. The Balaban J connectivity index is 1.96. The fourth-order valence-corrected chi connectivity index (χ4v) is 4.05. The highest BCUT2D eigenvalue weighted by Gasteiger charge is 2.22. The van der Waals surface area contributed by atoms with E-state index in [1.165, 1.54) is 6.07 Å². The van der Waals surface area contributed by atoms with Gasteiger partial charge in [-0.05, 0) is 32.0 Å². The molecule has 152 valence electrons. The highest BCUT2D eigenvalue weighted by molar-refractivity contribution is 7.89. The predicted octanol–water partition coefficient (Wildman–Crippen LogP) is 2.30. The Morgan fingerprint density at radius 1 is 1.10 bits per heavy atom. The molecule has 9 nitrogen and oxygen atoms in total. The Morgan fingerprint density at radius 3 is 2.38 bits per heavy atom. The zero-order chi connectivity index (χ0) is 21.3. The van der Waals surface area contributed by atoms with Gasteiger partial charge in [-0.3, -0.25) is 15.0 Å². The van der Waals surface area contributed by atoms with Crippen molar-refractivity contribution in [3.8, 4) is 0 Å². The van der Waals surface area contributed by atoms with E-state index in [1.807, 2.05) is 4.83 Å². The first-order valence-electron chi connectivity index (χ1n) is 8.27. The zero-order valence-corrected chi connectivity index (χ0v) is 17.5. The fraction of sp³-hybridized carbons (Fsp3) is 0.176. The number of pyridine rings is 1. The van der Waals surface area contributed by atoms with E-state index < -0.39 is 15.9 Å². The second-order valence-electron chi connectivity index (χ2n) is 6.22. The summed E-state index contributed by atoms with van der Waals surface area (Å²) in [4.78, 5) is 30.4. The number of hydrogen-bond acceptors (Lipinski definition) is 6. The summed E-state index contributed by atoms with van der Waals surface area (Å²) in [6.07, 6.45) is 0. The molecule has 0 aliphatic rings. The molecule has 0 bridgehead atoms. The SMILES string of the molecule is CC(C)n1nc(C(=O)NNS(=O)(=O)c2ccc(Cl)nc2Cl)c2ccccc2c1=O. The number of halogens is 2. The number of nitrogens with zero attached hydrogens (tertiary/aromatic N) is 3. The Labute approximate surface area is 175 Å². The van der Waals surface area contributed by atoms with E-state index in [9.17, 15) is 18.0 Å². The van der Waals surface area contributed by atoms with Crippen LogP contribution >= 0.6 is 23.2 Å². The predicted molar refractivity (Wildman–Crippen MR) is 108 cm³/mol. The number of hydrogen-bond donors (Lipinski definition) is 2. The van der Waals surface area contributed by atoms with Crippen LogP contribution in [0.4, 0.5) is 0 Å². The minimum absolute atomic E-state index is 0.0181. The van der Waals surface area contributed by atoms with Crippen LogP contribution < -0.4 is 15.8 Å². The van der Waals surface area contributed by atoms with Crippen LogP contribution in [0.3, 0.4) is 0 Å². The van der Waals surface area contributed by atoms with Crippen LogP contribution in [0.2, 0.25) is 10.3 Å². The van der Waals surface area contributed by atoms with Gasteiger partial charge in [0.05, 0.1) is 11.4 Å². The lowest BCUT2D eigenvalue weighted by Crippen LogP contribution is -2.43. The van der Waals surface area contributed by atoms with Crippen LogP contribution in [0, 0.1) is 0 Å². The van der Waals surface area contributed by atoms with Crippen LogP contribution in [0.25, 0.3) is 10.8 Å². The summed E-state index contributed by atoms with van der Waals surface area (Å²) < 4.78 is 26.0. The summed E-state index contributed by atoms with van der Waals surface area (Å²) in [7, 11) is -4.23. The number of benzene rings is 1. The standard InChI is InChI=1S/C17H15Cl2N5O4S/c1-9(2)24-17(26)11-6-4-3-5-10(11)14(22-24)16(25)21-23-29(27,28)12-7-8-13(18)20-15(12)19/h3-9,23H,1-2H3,(H,21,25). The van der Waals surface area contributed by atoms with Gasteiger partial charge >= 0.3 is 0 Å². The summed E-state index contributed by atoms with van der Waals surface area (Å²) >= 11 is 11.5. The van der Waals surface area contributed by atoms with Crippen LogP contribution in [-0.2, 0) is 10.0 Å². The monoisotopic (exact) mass is 455 g/mol. The molecule has 0 saturated carbocycles. The fourth-order valence-electron chi connectivity index (χ4n) is 2.55. The minimum atomic E-state index is -4.23. The zero-order valence-electron chi connectivity index (χ0n) is 15.2. The molecule has 29 heavy (non-hydrogen) atoms. The number of nitrogens with one attached hydrogen (secondary N) is 2. The first-order chi connectivity index (χ1) is 13.6. The lowest BCUT2D eigenvalue weighted by Gasteiger charge is -2.14. The third kappa shape index (κ3) is 4.25. The van der Waals surface area contributed by atoms with Crippen molar-refractivity contribution in [2.24, 2.45) is 0 Å². The maximum absolute atomic E-state index is 12.7. The summed E-state index contributed by atoms with van der Waals surface area (Å²) in [5, 5.41) is 4.35. The van der Waals surface area contributed by atoms with Crippen molar-refractivity contribution in [2.75, 3.05) is 0 Å². The summed E-state index contributed by atoms with van der Waals surface area (Å²) in [6.45, 7) is 3.48. The summed E-state index contributed by atoms with van der Waals surface area (Å²) in [5.41, 5.74) is 1.61. The quantitative estimate of drug-likeness (QED) is 0.449. The highest BCUT2D eigenvalue weighted by atomic mass is 35.5. The van der Waals surface area contributed by atoms with Crippen LogP contribution in [-0.4, -0.2) is 29.1 Å². The number of amides is 1.